The number of carbonyl (C=O) groups excluding carboxylic acids is 4. The number of amides is 5. The van der Waals surface area contributed by atoms with Crippen LogP contribution in [0.2, 0.25) is 5.02 Å². The maximum absolute atomic E-state index is 13.6. The molecule has 1 aromatic rings. The number of hydrogen-bond donors (Lipinski definition) is 2. The number of hydrogen-bond acceptors (Lipinski definition) is 4. The fourth-order valence-corrected chi connectivity index (χ4v) is 6.37. The van der Waals surface area contributed by atoms with Crippen molar-refractivity contribution in [3.05, 3.63) is 34.9 Å². The van der Waals surface area contributed by atoms with Gasteiger partial charge in [-0.05, 0) is 60.6 Å². The number of urea groups is 1. The molecule has 4 unspecified atom stereocenters. The molecular weight excluding hydrogens is 480 g/mol. The molecule has 196 valence electrons. The third-order valence-corrected chi connectivity index (χ3v) is 8.75. The van der Waals surface area contributed by atoms with Crippen LogP contribution in [0, 0.1) is 17.3 Å². The van der Waals surface area contributed by atoms with E-state index in [4.69, 9.17) is 11.6 Å². The lowest BCUT2D eigenvalue weighted by Crippen LogP contribution is -2.56. The van der Waals surface area contributed by atoms with Gasteiger partial charge in [0.15, 0.2) is 0 Å². The van der Waals surface area contributed by atoms with Crippen molar-refractivity contribution in [3.63, 3.8) is 0 Å². The van der Waals surface area contributed by atoms with Crippen LogP contribution in [0.25, 0.3) is 0 Å². The van der Waals surface area contributed by atoms with Crippen LogP contribution < -0.4 is 10.6 Å². The highest BCUT2D eigenvalue weighted by molar-refractivity contribution is 6.30. The quantitative estimate of drug-likeness (QED) is 0.585. The average molecular weight is 517 g/mol. The number of likely N-dealkylation sites (N-methyl/N-ethyl adjacent to an activating group) is 1. The van der Waals surface area contributed by atoms with Crippen LogP contribution in [-0.2, 0) is 14.4 Å². The summed E-state index contributed by atoms with van der Waals surface area (Å²) in [5.74, 6) is -0.849. The molecule has 1 saturated carbocycles. The Hall–Kier alpha value is -2.61. The second-order valence-corrected chi connectivity index (χ2v) is 12.1. The van der Waals surface area contributed by atoms with Gasteiger partial charge in [0.05, 0.1) is 0 Å². The van der Waals surface area contributed by atoms with Crippen LogP contribution in [-0.4, -0.2) is 65.3 Å². The summed E-state index contributed by atoms with van der Waals surface area (Å²) in [6.07, 6.45) is 2.03. The lowest BCUT2D eigenvalue weighted by Gasteiger charge is -2.46. The zero-order valence-corrected chi connectivity index (χ0v) is 22.5. The molecule has 0 aromatic heterocycles. The Bertz CT molecular complexity index is 1060. The highest BCUT2D eigenvalue weighted by atomic mass is 35.5. The van der Waals surface area contributed by atoms with Crippen molar-refractivity contribution in [2.45, 2.75) is 70.9 Å². The monoisotopic (exact) mass is 516 g/mol. The first-order valence-electron chi connectivity index (χ1n) is 12.8. The van der Waals surface area contributed by atoms with Crippen LogP contribution in [0.1, 0.15) is 64.9 Å². The maximum Gasteiger partial charge on any atom is 0.324 e. The van der Waals surface area contributed by atoms with Crippen LogP contribution in [0.15, 0.2) is 24.3 Å². The highest BCUT2D eigenvalue weighted by Crippen LogP contribution is 2.43. The third kappa shape index (κ3) is 4.72. The van der Waals surface area contributed by atoms with E-state index in [0.29, 0.717) is 36.9 Å². The average Bonchev–Trinajstić information content (AvgIpc) is 3.35. The van der Waals surface area contributed by atoms with E-state index in [2.05, 4.69) is 36.6 Å². The summed E-state index contributed by atoms with van der Waals surface area (Å²) in [5, 5.41) is 6.06. The molecule has 2 aliphatic heterocycles. The van der Waals surface area contributed by atoms with E-state index in [0.717, 1.165) is 6.42 Å². The van der Waals surface area contributed by atoms with Crippen molar-refractivity contribution in [3.8, 4) is 0 Å². The Morgan fingerprint density at radius 1 is 1.14 bits per heavy atom. The minimum absolute atomic E-state index is 0.0698. The summed E-state index contributed by atoms with van der Waals surface area (Å²) in [5.41, 5.74) is 0.113. The Kier molecular flexibility index (Phi) is 7.12. The molecule has 0 bridgehead atoms. The second-order valence-electron chi connectivity index (χ2n) is 11.7. The predicted molar refractivity (Wildman–Crippen MR) is 137 cm³/mol. The molecule has 1 aliphatic carbocycles. The molecular formula is C27H37ClN4O4. The molecule has 3 fully saturated rings. The van der Waals surface area contributed by atoms with Gasteiger partial charge in [0.25, 0.3) is 5.91 Å². The predicted octanol–water partition coefficient (Wildman–Crippen LogP) is 3.54. The van der Waals surface area contributed by atoms with Crippen molar-refractivity contribution in [1.29, 1.82) is 0 Å². The Balaban J connectivity index is 1.42. The van der Waals surface area contributed by atoms with E-state index >= 15 is 0 Å². The van der Waals surface area contributed by atoms with Gasteiger partial charge in [-0.3, -0.25) is 19.7 Å². The smallest absolute Gasteiger partial charge is 0.324 e. The zero-order valence-electron chi connectivity index (χ0n) is 21.8. The van der Waals surface area contributed by atoms with Gasteiger partial charge >= 0.3 is 6.03 Å². The normalized spacial score (nSPS) is 28.5. The SMILES string of the molecule is CC(C)C(NC(=O)C1CCC2(C1)C(=O)NC(=O)N2C)C(=O)N1CCC(c2ccc(Cl)cc2)C(C)(C)C1. The van der Waals surface area contributed by atoms with Crippen molar-refractivity contribution < 1.29 is 19.2 Å². The second kappa shape index (κ2) is 9.69. The number of likely N-dealkylation sites (tertiary alicyclic amines) is 1. The van der Waals surface area contributed by atoms with E-state index in [9.17, 15) is 19.2 Å². The molecule has 1 aromatic carbocycles. The van der Waals surface area contributed by atoms with Crippen molar-refractivity contribution in [1.82, 2.24) is 20.4 Å². The lowest BCUT2D eigenvalue weighted by molar-refractivity contribution is -0.141. The van der Waals surface area contributed by atoms with Crippen LogP contribution >= 0.6 is 11.6 Å². The van der Waals surface area contributed by atoms with Crippen LogP contribution in [0.4, 0.5) is 4.79 Å². The van der Waals surface area contributed by atoms with Gasteiger partial charge in [-0.1, -0.05) is 51.4 Å². The zero-order chi connectivity index (χ0) is 26.4. The molecule has 2 saturated heterocycles. The molecule has 4 atom stereocenters. The molecule has 3 aliphatic rings. The molecule has 0 radical (unpaired) electrons. The first-order valence-corrected chi connectivity index (χ1v) is 13.2. The fourth-order valence-electron chi connectivity index (χ4n) is 6.24. The van der Waals surface area contributed by atoms with E-state index in [-0.39, 0.29) is 35.5 Å². The van der Waals surface area contributed by atoms with Crippen molar-refractivity contribution in [2.24, 2.45) is 17.3 Å². The highest BCUT2D eigenvalue weighted by Gasteiger charge is 2.56. The standard InChI is InChI=1S/C27H37ClN4O4/c1-16(2)21(29-22(33)18-10-12-27(14-18)24(35)30-25(36)31(27)5)23(34)32-13-11-20(26(3,4)15-32)17-6-8-19(28)9-7-17/h6-9,16,18,20-21H,10-15H2,1-5H3,(H,29,33)(H,30,35,36). The van der Waals surface area contributed by atoms with E-state index in [1.165, 1.54) is 10.5 Å². The minimum atomic E-state index is -0.968. The first-order chi connectivity index (χ1) is 16.9. The molecule has 1 spiro atoms. The molecule has 2 N–H and O–H groups in total. The van der Waals surface area contributed by atoms with Gasteiger partial charge in [-0.2, -0.15) is 0 Å². The molecule has 2 heterocycles. The van der Waals surface area contributed by atoms with Crippen LogP contribution in [0.5, 0.6) is 0 Å². The molecule has 8 nitrogen and oxygen atoms in total. The first kappa shape index (κ1) is 26.5. The number of halogens is 1. The van der Waals surface area contributed by atoms with Crippen molar-refractivity contribution >= 4 is 35.4 Å². The van der Waals surface area contributed by atoms with Crippen molar-refractivity contribution in [2.75, 3.05) is 20.1 Å². The number of imide groups is 1. The Morgan fingerprint density at radius 3 is 2.36 bits per heavy atom. The molecule has 36 heavy (non-hydrogen) atoms. The van der Waals surface area contributed by atoms with Crippen LogP contribution in [0.3, 0.4) is 0 Å². The van der Waals surface area contributed by atoms with Gasteiger partial charge in [0.1, 0.15) is 11.6 Å². The number of carbonyl (C=O) groups is 4. The summed E-state index contributed by atoms with van der Waals surface area (Å²) >= 11 is 6.07. The summed E-state index contributed by atoms with van der Waals surface area (Å²) in [7, 11) is 1.59. The van der Waals surface area contributed by atoms with Gasteiger partial charge in [-0.25, -0.2) is 4.79 Å². The van der Waals surface area contributed by atoms with Gasteiger partial charge in [-0.15, -0.1) is 0 Å². The molecule has 4 rings (SSSR count). The summed E-state index contributed by atoms with van der Waals surface area (Å²) < 4.78 is 0. The Morgan fingerprint density at radius 2 is 1.81 bits per heavy atom. The number of rotatable bonds is 5. The minimum Gasteiger partial charge on any atom is -0.344 e. The number of benzene rings is 1. The van der Waals surface area contributed by atoms with Gasteiger partial charge in [0.2, 0.25) is 11.8 Å². The maximum atomic E-state index is 13.6. The van der Waals surface area contributed by atoms with E-state index < -0.39 is 23.5 Å². The summed E-state index contributed by atoms with van der Waals surface area (Å²) in [6, 6.07) is 6.87. The third-order valence-electron chi connectivity index (χ3n) is 8.49. The fraction of sp³-hybridized carbons (Fsp3) is 0.630. The topological polar surface area (TPSA) is 98.8 Å². The van der Waals surface area contributed by atoms with E-state index in [1.807, 2.05) is 30.9 Å². The van der Waals surface area contributed by atoms with E-state index in [1.54, 1.807) is 7.05 Å². The number of nitrogens with one attached hydrogen (secondary N) is 2. The molecule has 5 amide bonds. The number of piperidine rings is 1. The largest absolute Gasteiger partial charge is 0.344 e. The number of nitrogens with zero attached hydrogens (tertiary/aromatic N) is 2. The molecule has 9 heteroatoms. The Labute approximate surface area is 218 Å². The lowest BCUT2D eigenvalue weighted by atomic mass is 9.70. The van der Waals surface area contributed by atoms with Gasteiger partial charge < -0.3 is 15.1 Å². The summed E-state index contributed by atoms with van der Waals surface area (Å²) in [4.78, 5) is 54.6. The van der Waals surface area contributed by atoms with Gasteiger partial charge in [0, 0.05) is 31.1 Å². The summed E-state index contributed by atoms with van der Waals surface area (Å²) in [6.45, 7) is 9.43.